The highest BCUT2D eigenvalue weighted by molar-refractivity contribution is 6.58. The number of amides is 1. The summed E-state index contributed by atoms with van der Waals surface area (Å²) in [6, 6.07) is 3.38. The van der Waals surface area contributed by atoms with Gasteiger partial charge in [0.2, 0.25) is 0 Å². The zero-order valence-corrected chi connectivity index (χ0v) is 19.8. The fourth-order valence-corrected chi connectivity index (χ4v) is 4.06. The Hall–Kier alpha value is -1.54. The number of alkyl halides is 1. The fourth-order valence-electron chi connectivity index (χ4n) is 3.88. The normalized spacial score (nSPS) is 20.7. The van der Waals surface area contributed by atoms with Crippen LogP contribution < -0.4 is 5.32 Å². The first-order valence-electron chi connectivity index (χ1n) is 10.5. The number of rotatable bonds is 6. The van der Waals surface area contributed by atoms with Gasteiger partial charge in [-0.15, -0.1) is 5.11 Å². The number of aromatic nitrogens is 2. The minimum atomic E-state index is -2.76. The topological polar surface area (TPSA) is 58.1 Å². The lowest BCUT2D eigenvalue weighted by Gasteiger charge is -2.59. The van der Waals surface area contributed by atoms with Crippen molar-refractivity contribution >= 4 is 88.1 Å². The average molecular weight is 483 g/mol. The number of nitrogens with one attached hydrogen (secondary N) is 1. The smallest absolute Gasteiger partial charge is 0.253 e. The minimum absolute atomic E-state index is 0.0495. The standard InChI is InChI=1S/C19H12B9ClF2N4O/c20-16(21)8-35(13(36)9-1-2-12(30)11(29)5-9)4-3-15(16,31)19(27,28)34-18(25,26)14-32-6-10(7-33-14)17(22,23)24/h1-2,5-7,34H,3-4,8H2. The second-order valence-corrected chi connectivity index (χ2v) is 9.45. The van der Waals surface area contributed by atoms with Crippen molar-refractivity contribution in [2.24, 2.45) is 0 Å². The molecule has 0 bridgehead atoms. The maximum Gasteiger partial charge on any atom is 0.253 e. The number of halogens is 3. The van der Waals surface area contributed by atoms with E-state index < -0.39 is 51.4 Å². The Morgan fingerprint density at radius 2 is 1.67 bits per heavy atom. The van der Waals surface area contributed by atoms with Crippen molar-refractivity contribution in [3.63, 3.8) is 0 Å². The van der Waals surface area contributed by atoms with Gasteiger partial charge in [-0.2, -0.15) is 0 Å². The molecule has 1 aromatic heterocycles. The Morgan fingerprint density at radius 1 is 1.08 bits per heavy atom. The van der Waals surface area contributed by atoms with Crippen LogP contribution in [0.5, 0.6) is 0 Å². The van der Waals surface area contributed by atoms with Crippen molar-refractivity contribution in [1.82, 2.24) is 20.2 Å². The summed E-state index contributed by atoms with van der Waals surface area (Å²) in [6.07, 6.45) is 1.81. The predicted molar refractivity (Wildman–Crippen MR) is 142 cm³/mol. The minimum Gasteiger partial charge on any atom is -0.339 e. The van der Waals surface area contributed by atoms with E-state index in [0.29, 0.717) is 0 Å². The molecule has 1 aliphatic heterocycles. The number of piperidine rings is 1. The largest absolute Gasteiger partial charge is 0.339 e. The summed E-state index contributed by atoms with van der Waals surface area (Å²) in [5.41, 5.74) is -2.56. The predicted octanol–water partition coefficient (Wildman–Crippen LogP) is -1.38. The summed E-state index contributed by atoms with van der Waals surface area (Å²) in [5, 5.41) is -6.65. The highest BCUT2D eigenvalue weighted by Gasteiger charge is 2.57. The second kappa shape index (κ2) is 9.65. The Balaban J connectivity index is 1.81. The molecular weight excluding hydrogens is 471 g/mol. The third-order valence-corrected chi connectivity index (χ3v) is 6.25. The molecule has 5 nitrogen and oxygen atoms in total. The molecule has 1 amide bonds. The molecule has 0 aliphatic carbocycles. The highest BCUT2D eigenvalue weighted by atomic mass is 35.5. The zero-order valence-electron chi connectivity index (χ0n) is 19.1. The van der Waals surface area contributed by atoms with Gasteiger partial charge in [0.25, 0.3) is 5.91 Å². The van der Waals surface area contributed by atoms with Gasteiger partial charge in [-0.3, -0.25) is 4.79 Å². The van der Waals surface area contributed by atoms with Crippen molar-refractivity contribution in [3.8, 4) is 0 Å². The summed E-state index contributed by atoms with van der Waals surface area (Å²) in [4.78, 5) is 21.9. The summed E-state index contributed by atoms with van der Waals surface area (Å²) < 4.78 is 29.8. The van der Waals surface area contributed by atoms with E-state index in [-0.39, 0.29) is 28.5 Å². The molecule has 3 rings (SSSR count). The van der Waals surface area contributed by atoms with Gasteiger partial charge >= 0.3 is 0 Å². The van der Waals surface area contributed by atoms with E-state index in [4.69, 9.17) is 82.2 Å². The molecule has 1 saturated heterocycles. The van der Waals surface area contributed by atoms with Gasteiger partial charge in [-0.25, -0.2) is 18.7 Å². The number of carbonyl (C=O) groups excluding carboxylic acids is 1. The van der Waals surface area contributed by atoms with Gasteiger partial charge in [0.15, 0.2) is 0 Å². The summed E-state index contributed by atoms with van der Waals surface area (Å²) in [7, 11) is 53.2. The summed E-state index contributed by atoms with van der Waals surface area (Å²) in [5.74, 6) is -1.58. The lowest BCUT2D eigenvalue weighted by Crippen LogP contribution is -2.74. The van der Waals surface area contributed by atoms with E-state index in [2.05, 4.69) is 15.3 Å². The van der Waals surface area contributed by atoms with Crippen molar-refractivity contribution < 1.29 is 13.6 Å². The molecule has 0 saturated carbocycles. The monoisotopic (exact) mass is 484 g/mol. The molecule has 2 heterocycles. The molecule has 17 heteroatoms. The van der Waals surface area contributed by atoms with E-state index in [9.17, 15) is 9.18 Å². The molecule has 36 heavy (non-hydrogen) atoms. The first-order chi connectivity index (χ1) is 16.3. The molecule has 18 radical (unpaired) electrons. The van der Waals surface area contributed by atoms with Crippen LogP contribution in [0.25, 0.3) is 0 Å². The SMILES string of the molecule is [B]C([B])([B])c1cnc(C([B])([B])NC([B])([B])C2(F)CCN(C(=O)c3ccc(F)c(Cl)c3)CC2([B])[B])nc1. The van der Waals surface area contributed by atoms with Crippen molar-refractivity contribution in [2.75, 3.05) is 13.1 Å². The van der Waals surface area contributed by atoms with Crippen LogP contribution in [0.3, 0.4) is 0 Å². The van der Waals surface area contributed by atoms with Crippen LogP contribution in [0, 0.1) is 5.82 Å². The van der Waals surface area contributed by atoms with E-state index >= 15 is 4.39 Å². The molecule has 1 atom stereocenters. The molecule has 2 aromatic rings. The third-order valence-electron chi connectivity index (χ3n) is 5.96. The molecule has 1 aromatic carbocycles. The zero-order chi connectivity index (χ0) is 27.3. The molecule has 1 fully saturated rings. The number of nitrogens with zero attached hydrogens (tertiary/aromatic N) is 3. The molecule has 1 unspecified atom stereocenters. The maximum atomic E-state index is 16.4. The highest BCUT2D eigenvalue weighted by Crippen LogP contribution is 2.48. The van der Waals surface area contributed by atoms with Crippen LogP contribution in [0.4, 0.5) is 8.78 Å². The van der Waals surface area contributed by atoms with Gasteiger partial charge < -0.3 is 10.2 Å². The van der Waals surface area contributed by atoms with Gasteiger partial charge in [0.05, 0.1) is 75.6 Å². The van der Waals surface area contributed by atoms with Crippen LogP contribution in [0.1, 0.15) is 28.2 Å². The molecular formula is C19H12B9ClF2N4O. The lowest BCUT2D eigenvalue weighted by atomic mass is 9.34. The van der Waals surface area contributed by atoms with Crippen molar-refractivity contribution in [1.29, 1.82) is 0 Å². The van der Waals surface area contributed by atoms with Crippen LogP contribution in [0.15, 0.2) is 30.6 Å². The Kier molecular flexibility index (Phi) is 7.78. The summed E-state index contributed by atoms with van der Waals surface area (Å²) in [6.45, 7) is -0.731. The Bertz CT molecular complexity index is 1150. The number of hydrogen-bond donors (Lipinski definition) is 1. The fraction of sp³-hybridized carbons (Fsp3) is 0.421. The van der Waals surface area contributed by atoms with Crippen molar-refractivity contribution in [2.45, 2.75) is 33.1 Å². The number of hydrogen-bond acceptors (Lipinski definition) is 4. The first kappa shape index (κ1) is 29.0. The van der Waals surface area contributed by atoms with E-state index in [0.717, 1.165) is 17.0 Å². The Morgan fingerprint density at radius 3 is 2.17 bits per heavy atom. The summed E-state index contributed by atoms with van der Waals surface area (Å²) >= 11 is 5.75. The van der Waals surface area contributed by atoms with E-state index in [1.807, 2.05) is 0 Å². The maximum absolute atomic E-state index is 16.4. The van der Waals surface area contributed by atoms with Gasteiger partial charge in [-0.1, -0.05) is 11.6 Å². The quantitative estimate of drug-likeness (QED) is 0.516. The Labute approximate surface area is 226 Å². The first-order valence-corrected chi connectivity index (χ1v) is 10.8. The van der Waals surface area contributed by atoms with Crippen LogP contribution >= 0.6 is 11.6 Å². The van der Waals surface area contributed by atoms with Crippen molar-refractivity contribution in [3.05, 3.63) is 58.4 Å². The van der Waals surface area contributed by atoms with Gasteiger partial charge in [-0.05, 0) is 46.1 Å². The van der Waals surface area contributed by atoms with Crippen LogP contribution in [-0.4, -0.2) is 115 Å². The second-order valence-electron chi connectivity index (χ2n) is 9.04. The van der Waals surface area contributed by atoms with E-state index in [1.165, 1.54) is 18.5 Å². The number of likely N-dealkylation sites (tertiary alicyclic amines) is 1. The third kappa shape index (κ3) is 5.50. The molecule has 0 spiro atoms. The number of benzene rings is 1. The average Bonchev–Trinajstić information content (AvgIpc) is 2.75. The van der Waals surface area contributed by atoms with Gasteiger partial charge in [0.1, 0.15) is 17.3 Å². The molecule has 1 aliphatic rings. The molecule has 162 valence electrons. The van der Waals surface area contributed by atoms with Crippen LogP contribution in [0.2, 0.25) is 10.2 Å². The number of carbonyl (C=O) groups is 1. The lowest BCUT2D eigenvalue weighted by molar-refractivity contribution is 0.0167. The van der Waals surface area contributed by atoms with E-state index in [1.54, 1.807) is 0 Å². The van der Waals surface area contributed by atoms with Crippen LogP contribution in [-0.2, 0) is 10.5 Å². The molecule has 1 N–H and O–H groups in total. The van der Waals surface area contributed by atoms with Gasteiger partial charge in [0, 0.05) is 31.0 Å².